The van der Waals surface area contributed by atoms with Gasteiger partial charge in [-0.25, -0.2) is 18.0 Å². The molecule has 3 aromatic carbocycles. The summed E-state index contributed by atoms with van der Waals surface area (Å²) in [5.41, 5.74) is 0.0167. The first-order valence-corrected chi connectivity index (χ1v) is 21.1. The zero-order valence-corrected chi connectivity index (χ0v) is 33.6. The van der Waals surface area contributed by atoms with E-state index < -0.39 is 57.1 Å². The molecule has 2 N–H and O–H groups in total. The van der Waals surface area contributed by atoms with Crippen molar-refractivity contribution in [1.29, 1.82) is 0 Å². The molecule has 4 atom stereocenters. The van der Waals surface area contributed by atoms with E-state index in [1.165, 1.54) is 36.4 Å². The summed E-state index contributed by atoms with van der Waals surface area (Å²) >= 11 is 13.1. The van der Waals surface area contributed by atoms with Crippen molar-refractivity contribution in [2.45, 2.75) is 86.6 Å². The first-order chi connectivity index (χ1) is 27.7. The molecule has 0 spiro atoms. The number of nitrogens with zero attached hydrogens (tertiary/aromatic N) is 2. The molecule has 12 nitrogen and oxygen atoms in total. The van der Waals surface area contributed by atoms with E-state index >= 15 is 0 Å². The number of carbonyl (C=O) groups is 2. The number of aromatic nitrogens is 1. The first kappa shape index (κ1) is 41.6. The van der Waals surface area contributed by atoms with E-state index in [1.807, 2.05) is 7.05 Å². The van der Waals surface area contributed by atoms with Crippen molar-refractivity contribution >= 4 is 45.2 Å². The van der Waals surface area contributed by atoms with Crippen LogP contribution >= 0.6 is 23.2 Å². The summed E-state index contributed by atoms with van der Waals surface area (Å²) < 4.78 is 76.3. The summed E-state index contributed by atoms with van der Waals surface area (Å²) in [5, 5.41) is 22.6. The van der Waals surface area contributed by atoms with Gasteiger partial charge in [0, 0.05) is 23.6 Å². The van der Waals surface area contributed by atoms with Crippen molar-refractivity contribution < 1.29 is 50.8 Å². The average Bonchev–Trinajstić information content (AvgIpc) is 3.98. The van der Waals surface area contributed by atoms with Crippen LogP contribution in [0.2, 0.25) is 10.0 Å². The lowest BCUT2D eigenvalue weighted by atomic mass is 9.83. The molecule has 3 fully saturated rings. The number of piperidine rings is 1. The third kappa shape index (κ3) is 9.34. The molecule has 1 aliphatic carbocycles. The van der Waals surface area contributed by atoms with E-state index in [1.54, 1.807) is 30.3 Å². The maximum absolute atomic E-state index is 14.8. The van der Waals surface area contributed by atoms with Crippen LogP contribution in [0.3, 0.4) is 0 Å². The minimum atomic E-state index is -4.82. The predicted molar refractivity (Wildman–Crippen MR) is 209 cm³/mol. The molecule has 1 aromatic heterocycles. The average molecular weight is 861 g/mol. The highest BCUT2D eigenvalue weighted by molar-refractivity contribution is 7.89. The molecule has 7 rings (SSSR count). The van der Waals surface area contributed by atoms with Crippen molar-refractivity contribution in [3.8, 4) is 11.5 Å². The number of ether oxygens (including phenoxy) is 3. The summed E-state index contributed by atoms with van der Waals surface area (Å²) in [6.45, 7) is -3.00. The first-order valence-electron chi connectivity index (χ1n) is 18.8. The molecule has 2 saturated heterocycles. The highest BCUT2D eigenvalue weighted by Gasteiger charge is 2.42. The Bertz CT molecular complexity index is 2250. The molecule has 4 aromatic rings. The fourth-order valence-corrected chi connectivity index (χ4v) is 10.1. The van der Waals surface area contributed by atoms with Crippen LogP contribution in [0.15, 0.2) is 84.0 Å². The fourth-order valence-electron chi connectivity index (χ4n) is 7.99. The quantitative estimate of drug-likeness (QED) is 0.0667. The van der Waals surface area contributed by atoms with Gasteiger partial charge in [-0.15, -0.1) is 0 Å². The van der Waals surface area contributed by atoms with Crippen LogP contribution in [0.25, 0.3) is 0 Å². The maximum Gasteiger partial charge on any atom is 0.387 e. The smallest absolute Gasteiger partial charge is 0.387 e. The third-order valence-electron chi connectivity index (χ3n) is 11.1. The predicted octanol–water partition coefficient (Wildman–Crippen LogP) is 7.28. The lowest BCUT2D eigenvalue weighted by Gasteiger charge is -2.36. The summed E-state index contributed by atoms with van der Waals surface area (Å²) in [4.78, 5) is 28.9. The van der Waals surface area contributed by atoms with Gasteiger partial charge in [0.2, 0.25) is 10.0 Å². The molecule has 3 heterocycles. The SMILES string of the molecule is CN1C2CCC1CC(OC(=O)C(NS(=O)(=O)c1cccc(C(=O)O)c1[C@@H](Cc1c(Cl)c[n+]([O-])cc1Cl)c1ccc(OC(F)F)c(OCC3CC3)c1)c1ccccc1)C2. The number of carboxylic acids is 1. The Morgan fingerprint density at radius 2 is 1.62 bits per heavy atom. The number of alkyl halides is 2. The number of hydrogen-bond acceptors (Lipinski definition) is 9. The second-order valence-corrected chi connectivity index (χ2v) is 17.5. The lowest BCUT2D eigenvalue weighted by molar-refractivity contribution is -0.605. The highest BCUT2D eigenvalue weighted by Crippen LogP contribution is 2.43. The Balaban J connectivity index is 1.33. The number of benzene rings is 3. The second-order valence-electron chi connectivity index (χ2n) is 15.0. The van der Waals surface area contributed by atoms with Crippen LogP contribution in [-0.4, -0.2) is 68.8 Å². The van der Waals surface area contributed by atoms with Gasteiger partial charge in [0.15, 0.2) is 23.9 Å². The van der Waals surface area contributed by atoms with Gasteiger partial charge in [-0.2, -0.15) is 18.2 Å². The number of esters is 1. The fraction of sp³-hybridized carbons (Fsp3) is 0.390. The van der Waals surface area contributed by atoms with Crippen LogP contribution < -0.4 is 18.9 Å². The summed E-state index contributed by atoms with van der Waals surface area (Å²) in [5.74, 6) is -3.72. The Morgan fingerprint density at radius 3 is 2.24 bits per heavy atom. The van der Waals surface area contributed by atoms with Crippen molar-refractivity contribution in [3.05, 3.63) is 122 Å². The minimum Gasteiger partial charge on any atom is -0.619 e. The van der Waals surface area contributed by atoms with Crippen LogP contribution in [0.1, 0.15) is 83.1 Å². The van der Waals surface area contributed by atoms with E-state index in [-0.39, 0.29) is 69.3 Å². The van der Waals surface area contributed by atoms with Crippen molar-refractivity contribution in [3.63, 3.8) is 0 Å². The van der Waals surface area contributed by atoms with Crippen LogP contribution in [0, 0.1) is 11.1 Å². The molecular formula is C41H41Cl2F2N3O9S. The van der Waals surface area contributed by atoms with Crippen LogP contribution in [0.4, 0.5) is 8.78 Å². The number of carboxylic acid groups (broad SMARTS) is 1. The minimum absolute atomic E-state index is 0.0816. The van der Waals surface area contributed by atoms with E-state index in [0.29, 0.717) is 23.1 Å². The number of hydrogen-bond donors (Lipinski definition) is 2. The number of fused-ring (bicyclic) bond motifs is 2. The zero-order chi connectivity index (χ0) is 41.3. The molecule has 2 aliphatic heterocycles. The van der Waals surface area contributed by atoms with Crippen LogP contribution in [-0.2, 0) is 26.0 Å². The number of aromatic carboxylic acids is 1. The Hall–Kier alpha value is -4.54. The van der Waals surface area contributed by atoms with Gasteiger partial charge >= 0.3 is 18.6 Å². The van der Waals surface area contributed by atoms with Crippen molar-refractivity contribution in [1.82, 2.24) is 9.62 Å². The number of rotatable bonds is 16. The Labute approximate surface area is 344 Å². The molecule has 17 heteroatoms. The topological polar surface area (TPSA) is 158 Å². The van der Waals surface area contributed by atoms with Crippen molar-refractivity contribution in [2.75, 3.05) is 13.7 Å². The van der Waals surface area contributed by atoms with Gasteiger partial charge in [-0.1, -0.05) is 65.7 Å². The standard InChI is InChI=1S/C41H41Cl2F2N3O9S/c1-47-26-13-14-27(47)18-28(17-26)56-40(51)38(24-6-3-2-4-7-24)46-58(53,54)36-9-5-8-29(39(49)50)37(36)30(19-31-32(42)20-48(52)21-33(31)43)25-12-15-34(57-41(44)45)35(16-25)55-22-23-10-11-23/h2-9,12,15-16,20-21,23,26-28,30,38,41,46H,10-11,13-14,17-19,22H2,1H3,(H,49,50)/t26?,27?,28?,30-,38?/m0/s1. The molecular weight excluding hydrogens is 819 g/mol. The number of pyridine rings is 1. The summed E-state index contributed by atoms with van der Waals surface area (Å²) in [6.07, 6.45) is 6.28. The van der Waals surface area contributed by atoms with Gasteiger partial charge in [0.25, 0.3) is 0 Å². The van der Waals surface area contributed by atoms with Crippen molar-refractivity contribution in [2.24, 2.45) is 5.92 Å². The Kier molecular flexibility index (Phi) is 12.5. The zero-order valence-electron chi connectivity index (χ0n) is 31.2. The van der Waals surface area contributed by atoms with Gasteiger partial charge in [-0.3, -0.25) is 0 Å². The van der Waals surface area contributed by atoms with Crippen LogP contribution in [0.5, 0.6) is 11.5 Å². The van der Waals surface area contributed by atoms with E-state index in [2.05, 4.69) is 9.62 Å². The molecule has 3 aliphatic rings. The molecule has 3 unspecified atom stereocenters. The van der Waals surface area contributed by atoms with E-state index in [0.717, 1.165) is 38.1 Å². The Morgan fingerprint density at radius 1 is 0.948 bits per heavy atom. The van der Waals surface area contributed by atoms with Gasteiger partial charge in [0.05, 0.1) is 17.1 Å². The van der Waals surface area contributed by atoms with Gasteiger partial charge < -0.3 is 29.4 Å². The summed E-state index contributed by atoms with van der Waals surface area (Å²) in [7, 11) is -2.77. The van der Waals surface area contributed by atoms with Gasteiger partial charge in [0.1, 0.15) is 22.2 Å². The monoisotopic (exact) mass is 859 g/mol. The molecule has 1 saturated carbocycles. The summed E-state index contributed by atoms with van der Waals surface area (Å²) in [6, 6.07) is 14.8. The lowest BCUT2D eigenvalue weighted by Crippen LogP contribution is -2.45. The molecule has 58 heavy (non-hydrogen) atoms. The highest BCUT2D eigenvalue weighted by atomic mass is 35.5. The number of nitrogens with one attached hydrogen (secondary N) is 1. The number of carbonyl (C=O) groups excluding carboxylic acids is 1. The van der Waals surface area contributed by atoms with E-state index in [4.69, 9.17) is 37.4 Å². The third-order valence-corrected chi connectivity index (χ3v) is 13.3. The second kappa shape index (κ2) is 17.4. The largest absolute Gasteiger partial charge is 0.619 e. The van der Waals surface area contributed by atoms with E-state index in [9.17, 15) is 37.1 Å². The van der Waals surface area contributed by atoms with Gasteiger partial charge in [-0.05, 0) is 98.9 Å². The molecule has 0 radical (unpaired) electrons. The molecule has 0 amide bonds. The molecule has 308 valence electrons. The molecule has 2 bridgehead atoms. The number of sulfonamides is 1. The maximum atomic E-state index is 14.8. The number of halogens is 4. The normalized spacial score (nSPS) is 20.4.